The molecule has 114 valence electrons. The molecule has 0 saturated carbocycles. The van der Waals surface area contributed by atoms with E-state index in [0.29, 0.717) is 11.1 Å². The Hall–Kier alpha value is -2.59. The van der Waals surface area contributed by atoms with E-state index in [1.807, 2.05) is 0 Å². The molecular weight excluding hydrogens is 350 g/mol. The Kier molecular flexibility index (Phi) is 9.80. The van der Waals surface area contributed by atoms with Crippen molar-refractivity contribution in [3.8, 4) is 0 Å². The fraction of sp³-hybridized carbons (Fsp3) is 0. The second kappa shape index (κ2) is 11.0. The molecule has 2 rings (SSSR count). The monoisotopic (exact) mass is 362 g/mol. The third-order valence-electron chi connectivity index (χ3n) is 2.39. The fourth-order valence-electron chi connectivity index (χ4n) is 1.35. The number of aromatic carboxylic acids is 1. The fourth-order valence-corrected chi connectivity index (χ4v) is 1.35. The van der Waals surface area contributed by atoms with Gasteiger partial charge in [0.1, 0.15) is 0 Å². The summed E-state index contributed by atoms with van der Waals surface area (Å²) in [5, 5.41) is 8.38. The van der Waals surface area contributed by atoms with Crippen LogP contribution in [-0.4, -0.2) is 23.0 Å². The molecule has 0 saturated heterocycles. The zero-order valence-electron chi connectivity index (χ0n) is 12.3. The molecule has 0 aliphatic carbocycles. The first-order chi connectivity index (χ1) is 10.5. The van der Waals surface area contributed by atoms with Gasteiger partial charge in [0.15, 0.2) is 0 Å². The first-order valence-electron chi connectivity index (χ1n) is 6.26. The number of carbonyl (C=O) groups is 3. The average molecular weight is 364 g/mol. The van der Waals surface area contributed by atoms with E-state index < -0.39 is 17.9 Å². The Labute approximate surface area is 146 Å². The van der Waals surface area contributed by atoms with Crippen LogP contribution in [-0.2, 0) is 29.0 Å². The number of esters is 2. The van der Waals surface area contributed by atoms with E-state index in [4.69, 9.17) is 5.11 Å². The van der Waals surface area contributed by atoms with Gasteiger partial charge in [0, 0.05) is 25.6 Å². The first-order valence-corrected chi connectivity index (χ1v) is 6.26. The van der Waals surface area contributed by atoms with E-state index >= 15 is 0 Å². The average Bonchev–Trinajstić information content (AvgIpc) is 2.57. The van der Waals surface area contributed by atoms with Gasteiger partial charge in [-0.15, -0.1) is 0 Å². The van der Waals surface area contributed by atoms with Crippen LogP contribution in [0.5, 0.6) is 0 Å². The van der Waals surface area contributed by atoms with Gasteiger partial charge in [0.2, 0.25) is 0 Å². The van der Waals surface area contributed by atoms with E-state index in [1.165, 1.54) is 0 Å². The van der Waals surface area contributed by atoms with Crippen LogP contribution in [0.1, 0.15) is 20.7 Å². The summed E-state index contributed by atoms with van der Waals surface area (Å²) in [5.41, 5.74) is 0.676. The predicted octanol–water partition coefficient (Wildman–Crippen LogP) is 2.94. The number of carboxylic acids is 1. The maximum absolute atomic E-state index is 11.1. The molecular formula is C17H14O5Zn. The molecule has 1 N–H and O–H groups in total. The summed E-state index contributed by atoms with van der Waals surface area (Å²) in [7, 11) is 0. The van der Waals surface area contributed by atoms with Crippen molar-refractivity contribution in [2.45, 2.75) is 0 Å². The Bertz CT molecular complexity index is 653. The molecule has 0 fully saturated rings. The van der Waals surface area contributed by atoms with Gasteiger partial charge in [0.05, 0.1) is 11.1 Å². The van der Waals surface area contributed by atoms with Crippen molar-refractivity contribution in [3.63, 3.8) is 0 Å². The number of carboxylic acid groups (broad SMARTS) is 1. The maximum Gasteiger partial charge on any atom is 0.346 e. The summed E-state index contributed by atoms with van der Waals surface area (Å²) in [5.74, 6) is -2.28. The van der Waals surface area contributed by atoms with Crippen LogP contribution in [0.2, 0.25) is 0 Å². The second-order valence-electron chi connectivity index (χ2n) is 3.95. The summed E-state index contributed by atoms with van der Waals surface area (Å²) in [6, 6.07) is 16.6. The van der Waals surface area contributed by atoms with Crippen LogP contribution in [0.15, 0.2) is 73.3 Å². The van der Waals surface area contributed by atoms with E-state index in [0.717, 1.165) is 6.08 Å². The zero-order valence-corrected chi connectivity index (χ0v) is 15.3. The molecule has 0 bridgehead atoms. The van der Waals surface area contributed by atoms with Gasteiger partial charge < -0.3 is 9.84 Å². The second-order valence-corrected chi connectivity index (χ2v) is 3.95. The first kappa shape index (κ1) is 20.4. The summed E-state index contributed by atoms with van der Waals surface area (Å²) < 4.78 is 4.39. The van der Waals surface area contributed by atoms with Gasteiger partial charge in [0.25, 0.3) is 0 Å². The summed E-state index contributed by atoms with van der Waals surface area (Å²) in [6.07, 6.45) is 0.945. The van der Waals surface area contributed by atoms with Crippen LogP contribution in [0, 0.1) is 0 Å². The predicted molar refractivity (Wildman–Crippen MR) is 80.5 cm³/mol. The largest absolute Gasteiger partial charge is 0.478 e. The van der Waals surface area contributed by atoms with E-state index in [9.17, 15) is 14.4 Å². The third kappa shape index (κ3) is 7.83. The Morgan fingerprint density at radius 3 is 1.65 bits per heavy atom. The summed E-state index contributed by atoms with van der Waals surface area (Å²) >= 11 is 0. The summed E-state index contributed by atoms with van der Waals surface area (Å²) in [6.45, 7) is 3.18. The molecule has 23 heavy (non-hydrogen) atoms. The van der Waals surface area contributed by atoms with E-state index in [-0.39, 0.29) is 19.5 Å². The smallest absolute Gasteiger partial charge is 0.346 e. The van der Waals surface area contributed by atoms with Crippen LogP contribution in [0.4, 0.5) is 0 Å². The molecule has 0 spiro atoms. The number of carbonyl (C=O) groups excluding carboxylic acids is 2. The molecule has 2 aromatic rings. The number of hydrogen-bond acceptors (Lipinski definition) is 4. The van der Waals surface area contributed by atoms with Crippen LogP contribution < -0.4 is 0 Å². The van der Waals surface area contributed by atoms with E-state index in [1.54, 1.807) is 60.7 Å². The van der Waals surface area contributed by atoms with Crippen molar-refractivity contribution >= 4 is 17.9 Å². The number of benzene rings is 2. The SMILES string of the molecule is C=CC(=O)OC(=O)c1ccccc1.O=C(O)c1ccccc1.[Zn]. The molecule has 0 aliphatic rings. The molecule has 0 aromatic heterocycles. The molecule has 0 amide bonds. The van der Waals surface area contributed by atoms with Gasteiger partial charge in [-0.2, -0.15) is 0 Å². The van der Waals surface area contributed by atoms with Crippen LogP contribution in [0.25, 0.3) is 0 Å². The quantitative estimate of drug-likeness (QED) is 0.392. The van der Waals surface area contributed by atoms with Gasteiger partial charge in [-0.05, 0) is 24.3 Å². The van der Waals surface area contributed by atoms with Crippen molar-refractivity contribution in [1.29, 1.82) is 0 Å². The van der Waals surface area contributed by atoms with Crippen molar-refractivity contribution in [2.24, 2.45) is 0 Å². The Morgan fingerprint density at radius 2 is 1.30 bits per heavy atom. The molecule has 6 heteroatoms. The van der Waals surface area contributed by atoms with Crippen molar-refractivity contribution in [3.05, 3.63) is 84.4 Å². The molecule has 0 unspecified atom stereocenters. The Morgan fingerprint density at radius 1 is 0.870 bits per heavy atom. The Balaban J connectivity index is 0.000000427. The molecule has 0 radical (unpaired) electrons. The number of ether oxygens (including phenoxy) is 1. The molecule has 0 aliphatic heterocycles. The summed E-state index contributed by atoms with van der Waals surface area (Å²) in [4.78, 5) is 32.0. The van der Waals surface area contributed by atoms with E-state index in [2.05, 4.69) is 11.3 Å². The van der Waals surface area contributed by atoms with Gasteiger partial charge in [-0.1, -0.05) is 43.0 Å². The molecule has 0 heterocycles. The number of rotatable bonds is 3. The molecule has 5 nitrogen and oxygen atoms in total. The minimum absolute atomic E-state index is 0. The van der Waals surface area contributed by atoms with Gasteiger partial charge in [-0.25, -0.2) is 14.4 Å². The molecule has 0 atom stereocenters. The van der Waals surface area contributed by atoms with Gasteiger partial charge >= 0.3 is 17.9 Å². The van der Waals surface area contributed by atoms with Crippen molar-refractivity contribution in [2.75, 3.05) is 0 Å². The van der Waals surface area contributed by atoms with Gasteiger partial charge in [-0.3, -0.25) is 0 Å². The number of hydrogen-bond donors (Lipinski definition) is 1. The topological polar surface area (TPSA) is 80.7 Å². The minimum atomic E-state index is -0.879. The van der Waals surface area contributed by atoms with Crippen molar-refractivity contribution in [1.82, 2.24) is 0 Å². The minimum Gasteiger partial charge on any atom is -0.478 e. The van der Waals surface area contributed by atoms with Crippen molar-refractivity contribution < 1.29 is 43.7 Å². The standard InChI is InChI=1S/C10H8O3.C7H6O2.Zn/c1-2-9(11)13-10(12)8-6-4-3-5-7-8;8-7(9)6-4-2-1-3-5-6;/h2-7H,1H2;1-5H,(H,8,9);. The van der Waals surface area contributed by atoms with Crippen LogP contribution >= 0.6 is 0 Å². The molecule has 2 aromatic carbocycles. The van der Waals surface area contributed by atoms with Crippen LogP contribution in [0.3, 0.4) is 0 Å². The zero-order chi connectivity index (χ0) is 16.4. The maximum atomic E-state index is 11.1. The normalized spacial score (nSPS) is 8.52. The third-order valence-corrected chi connectivity index (χ3v) is 2.39.